The molecule has 4 rings (SSSR count). The molecule has 3 aromatic carbocycles. The summed E-state index contributed by atoms with van der Waals surface area (Å²) < 4.78 is 28.6. The van der Waals surface area contributed by atoms with Crippen molar-refractivity contribution in [3.63, 3.8) is 0 Å². The first-order valence-corrected chi connectivity index (χ1v) is 15.2. The topological polar surface area (TPSA) is 98.8 Å². The SMILES string of the molecule is CC(NC(=O)c1cccc(NS(=O)(=O)CC2CN(C(c3ccc(Cl)cc3)c3ccc(Cl)cc3)C2)c1)C(=O)N(C)C. The number of anilines is 1. The zero-order valence-electron chi connectivity index (χ0n) is 22.5. The highest BCUT2D eigenvalue weighted by atomic mass is 35.5. The lowest BCUT2D eigenvalue weighted by molar-refractivity contribution is -0.130. The van der Waals surface area contributed by atoms with Crippen LogP contribution in [0.25, 0.3) is 0 Å². The van der Waals surface area contributed by atoms with Gasteiger partial charge in [0.1, 0.15) is 6.04 Å². The van der Waals surface area contributed by atoms with Crippen molar-refractivity contribution >= 4 is 50.7 Å². The molecule has 0 aliphatic carbocycles. The highest BCUT2D eigenvalue weighted by Gasteiger charge is 2.36. The van der Waals surface area contributed by atoms with Crippen molar-refractivity contribution in [1.29, 1.82) is 0 Å². The van der Waals surface area contributed by atoms with Gasteiger partial charge >= 0.3 is 0 Å². The third kappa shape index (κ3) is 7.54. The molecule has 8 nitrogen and oxygen atoms in total. The second kappa shape index (κ2) is 12.6. The second-order valence-corrected chi connectivity index (χ2v) is 12.9. The molecule has 2 amide bonds. The van der Waals surface area contributed by atoms with Crippen molar-refractivity contribution in [1.82, 2.24) is 15.1 Å². The average molecular weight is 604 g/mol. The lowest BCUT2D eigenvalue weighted by atomic mass is 9.91. The van der Waals surface area contributed by atoms with Crippen molar-refractivity contribution in [3.05, 3.63) is 99.5 Å². The van der Waals surface area contributed by atoms with Crippen molar-refractivity contribution in [2.75, 3.05) is 37.7 Å². The molecule has 0 bridgehead atoms. The lowest BCUT2D eigenvalue weighted by Crippen LogP contribution is -2.51. The van der Waals surface area contributed by atoms with Crippen LogP contribution in [0.15, 0.2) is 72.8 Å². The highest BCUT2D eigenvalue weighted by molar-refractivity contribution is 7.92. The number of amides is 2. The predicted octanol–water partition coefficient (Wildman–Crippen LogP) is 4.66. The fourth-order valence-corrected chi connectivity index (χ4v) is 6.47. The molecule has 3 aromatic rings. The number of sulfonamides is 1. The number of rotatable bonds is 10. The zero-order chi connectivity index (χ0) is 29.0. The van der Waals surface area contributed by atoms with Gasteiger partial charge in [0, 0.05) is 54.4 Å². The molecule has 2 N–H and O–H groups in total. The minimum absolute atomic E-state index is 0.0533. The van der Waals surface area contributed by atoms with Gasteiger partial charge in [-0.2, -0.15) is 0 Å². The van der Waals surface area contributed by atoms with Gasteiger partial charge in [0.2, 0.25) is 15.9 Å². The largest absolute Gasteiger partial charge is 0.347 e. The number of carbonyl (C=O) groups is 2. The van der Waals surface area contributed by atoms with Gasteiger partial charge in [0.05, 0.1) is 11.8 Å². The van der Waals surface area contributed by atoms with Crippen molar-refractivity contribution < 1.29 is 18.0 Å². The van der Waals surface area contributed by atoms with Gasteiger partial charge in [0.25, 0.3) is 5.91 Å². The first-order chi connectivity index (χ1) is 18.9. The van der Waals surface area contributed by atoms with Crippen LogP contribution in [-0.2, 0) is 14.8 Å². The molecule has 1 heterocycles. The molecule has 11 heteroatoms. The maximum atomic E-state index is 13.0. The highest BCUT2D eigenvalue weighted by Crippen LogP contribution is 2.35. The fraction of sp³-hybridized carbons (Fsp3) is 0.310. The molecule has 1 aliphatic rings. The Labute approximate surface area is 245 Å². The number of hydrogen-bond acceptors (Lipinski definition) is 5. The minimum Gasteiger partial charge on any atom is -0.347 e. The van der Waals surface area contributed by atoms with E-state index in [1.807, 2.05) is 48.5 Å². The number of hydrogen-bond donors (Lipinski definition) is 2. The summed E-state index contributed by atoms with van der Waals surface area (Å²) in [5, 5.41) is 3.94. The van der Waals surface area contributed by atoms with Gasteiger partial charge < -0.3 is 10.2 Å². The zero-order valence-corrected chi connectivity index (χ0v) is 24.8. The van der Waals surface area contributed by atoms with Crippen LogP contribution in [0.4, 0.5) is 5.69 Å². The third-order valence-electron chi connectivity index (χ3n) is 6.73. The number of likely N-dealkylation sites (tertiary alicyclic amines) is 1. The summed E-state index contributed by atoms with van der Waals surface area (Å²) in [4.78, 5) is 28.3. The number of benzene rings is 3. The summed E-state index contributed by atoms with van der Waals surface area (Å²) >= 11 is 12.2. The summed E-state index contributed by atoms with van der Waals surface area (Å²) in [7, 11) is -0.462. The summed E-state index contributed by atoms with van der Waals surface area (Å²) in [5.74, 6) is -0.825. The third-order valence-corrected chi connectivity index (χ3v) is 8.69. The fourth-order valence-electron chi connectivity index (χ4n) is 4.81. The number of halogens is 2. The standard InChI is InChI=1S/C29H32Cl2N4O4S/c1-19(29(37)34(2)3)32-28(36)23-5-4-6-26(15-23)33-40(38,39)18-20-16-35(17-20)27(21-7-11-24(30)12-8-21)22-9-13-25(31)14-10-22/h4-15,19-20,27,33H,16-18H2,1-3H3,(H,32,36). The maximum absolute atomic E-state index is 13.0. The van der Waals surface area contributed by atoms with E-state index >= 15 is 0 Å². The number of carbonyl (C=O) groups excluding carboxylic acids is 2. The van der Waals surface area contributed by atoms with E-state index in [1.54, 1.807) is 39.2 Å². The predicted molar refractivity (Wildman–Crippen MR) is 159 cm³/mol. The Morgan fingerprint density at radius 3 is 2.02 bits per heavy atom. The van der Waals surface area contributed by atoms with Gasteiger partial charge in [-0.3, -0.25) is 19.2 Å². The molecule has 1 fully saturated rings. The summed E-state index contributed by atoms with van der Waals surface area (Å²) in [6.07, 6.45) is 0. The van der Waals surface area contributed by atoms with E-state index in [2.05, 4.69) is 14.9 Å². The number of nitrogens with zero attached hydrogens (tertiary/aromatic N) is 2. The van der Waals surface area contributed by atoms with Gasteiger partial charge in [-0.15, -0.1) is 0 Å². The smallest absolute Gasteiger partial charge is 0.251 e. The minimum atomic E-state index is -3.68. The normalized spacial score (nSPS) is 14.8. The van der Waals surface area contributed by atoms with Crippen molar-refractivity contribution in [3.8, 4) is 0 Å². The Hall–Kier alpha value is -3.11. The molecule has 0 saturated carbocycles. The van der Waals surface area contributed by atoms with Crippen molar-refractivity contribution in [2.24, 2.45) is 5.92 Å². The van der Waals surface area contributed by atoms with E-state index in [0.29, 0.717) is 23.1 Å². The summed E-state index contributed by atoms with van der Waals surface area (Å²) in [5.41, 5.74) is 2.66. The van der Waals surface area contributed by atoms with E-state index in [4.69, 9.17) is 23.2 Å². The summed E-state index contributed by atoms with van der Waals surface area (Å²) in [6.45, 7) is 2.78. The van der Waals surface area contributed by atoms with Gasteiger partial charge in [-0.05, 0) is 60.5 Å². The molecular weight excluding hydrogens is 571 g/mol. The molecular formula is C29H32Cl2N4O4S. The molecule has 1 atom stereocenters. The Morgan fingerprint density at radius 1 is 0.950 bits per heavy atom. The molecule has 212 valence electrons. The van der Waals surface area contributed by atoms with Gasteiger partial charge in [0.15, 0.2) is 0 Å². The van der Waals surface area contributed by atoms with Crippen LogP contribution in [0, 0.1) is 5.92 Å². The Morgan fingerprint density at radius 2 is 1.50 bits per heavy atom. The molecule has 1 unspecified atom stereocenters. The van der Waals surface area contributed by atoms with E-state index in [9.17, 15) is 18.0 Å². The van der Waals surface area contributed by atoms with E-state index in [-0.39, 0.29) is 34.9 Å². The Balaban J connectivity index is 1.39. The monoisotopic (exact) mass is 602 g/mol. The first kappa shape index (κ1) is 29.9. The van der Waals surface area contributed by atoms with Crippen LogP contribution in [0.5, 0.6) is 0 Å². The summed E-state index contributed by atoms with van der Waals surface area (Å²) in [6, 6.07) is 20.8. The quantitative estimate of drug-likeness (QED) is 0.351. The van der Waals surface area contributed by atoms with Crippen LogP contribution in [-0.4, -0.2) is 69.0 Å². The molecule has 40 heavy (non-hydrogen) atoms. The Bertz CT molecular complexity index is 1410. The molecule has 1 saturated heterocycles. The van der Waals surface area contributed by atoms with Gasteiger partial charge in [-0.25, -0.2) is 8.42 Å². The van der Waals surface area contributed by atoms with Crippen LogP contribution in [0.2, 0.25) is 10.0 Å². The van der Waals surface area contributed by atoms with E-state index < -0.39 is 22.0 Å². The molecule has 0 spiro atoms. The second-order valence-electron chi connectivity index (χ2n) is 10.2. The average Bonchev–Trinajstić information content (AvgIpc) is 2.88. The van der Waals surface area contributed by atoms with Gasteiger partial charge in [-0.1, -0.05) is 53.5 Å². The molecule has 1 aliphatic heterocycles. The molecule has 0 radical (unpaired) electrons. The number of nitrogens with one attached hydrogen (secondary N) is 2. The van der Waals surface area contributed by atoms with Crippen LogP contribution >= 0.6 is 23.2 Å². The van der Waals surface area contributed by atoms with Crippen molar-refractivity contribution in [2.45, 2.75) is 19.0 Å². The number of likely N-dealkylation sites (N-methyl/N-ethyl adjacent to an activating group) is 1. The van der Waals surface area contributed by atoms with Crippen LogP contribution < -0.4 is 10.0 Å². The Kier molecular flexibility index (Phi) is 9.41. The lowest BCUT2D eigenvalue weighted by Gasteiger charge is -2.44. The van der Waals surface area contributed by atoms with E-state index in [0.717, 1.165) is 11.1 Å². The first-order valence-electron chi connectivity index (χ1n) is 12.8. The van der Waals surface area contributed by atoms with Crippen LogP contribution in [0.3, 0.4) is 0 Å². The molecule has 0 aromatic heterocycles. The maximum Gasteiger partial charge on any atom is 0.251 e. The van der Waals surface area contributed by atoms with Crippen LogP contribution in [0.1, 0.15) is 34.5 Å². The van der Waals surface area contributed by atoms with E-state index in [1.165, 1.54) is 11.0 Å².